The Kier molecular flexibility index (Phi) is 7.23. The van der Waals surface area contributed by atoms with E-state index in [4.69, 9.17) is 6.57 Å². The fraction of sp³-hybridized carbons (Fsp3) is 0. The number of hydrogen-bond donors (Lipinski definition) is 0. The van der Waals surface area contributed by atoms with E-state index in [-0.39, 0.29) is 0 Å². The van der Waals surface area contributed by atoms with Crippen molar-refractivity contribution in [3.05, 3.63) is 175 Å². The summed E-state index contributed by atoms with van der Waals surface area (Å²) in [5, 5.41) is 14.3. The zero-order chi connectivity index (χ0) is 32.5. The number of fused-ring (bicyclic) bond motifs is 2. The largest absolute Gasteiger partial charge is 0.276 e. The van der Waals surface area contributed by atoms with Crippen molar-refractivity contribution in [1.29, 1.82) is 5.26 Å². The molecule has 6 aromatic carbocycles. The molecule has 0 aliphatic carbocycles. The third kappa shape index (κ3) is 4.95. The fourth-order valence-corrected chi connectivity index (χ4v) is 6.70. The van der Waals surface area contributed by atoms with E-state index in [1.165, 1.54) is 11.1 Å². The molecule has 0 aliphatic heterocycles. The van der Waals surface area contributed by atoms with Crippen molar-refractivity contribution in [2.24, 2.45) is 0 Å². The van der Waals surface area contributed by atoms with Crippen LogP contribution in [0.25, 0.3) is 82.0 Å². The van der Waals surface area contributed by atoms with Crippen LogP contribution in [-0.2, 0) is 0 Å². The van der Waals surface area contributed by atoms with Crippen molar-refractivity contribution in [2.75, 3.05) is 0 Å². The molecule has 0 saturated carbocycles. The Balaban J connectivity index is 1.37. The minimum absolute atomic E-state index is 0.539. The molecule has 8 rings (SSSR count). The van der Waals surface area contributed by atoms with Crippen LogP contribution in [0.2, 0.25) is 0 Å². The average Bonchev–Trinajstić information content (AvgIpc) is 3.17. The summed E-state index contributed by atoms with van der Waals surface area (Å²) in [6, 6.07) is 48.9. The van der Waals surface area contributed by atoms with E-state index in [1.54, 1.807) is 24.8 Å². The first-order chi connectivity index (χ1) is 23.7. The van der Waals surface area contributed by atoms with Gasteiger partial charge in [0.25, 0.3) is 0 Å². The Morgan fingerprint density at radius 1 is 0.479 bits per heavy atom. The molecule has 0 amide bonds. The molecule has 0 saturated heterocycles. The highest BCUT2D eigenvalue weighted by atomic mass is 14.7. The Hall–Kier alpha value is -6.88. The lowest BCUT2D eigenvalue weighted by Gasteiger charge is -2.19. The lowest BCUT2D eigenvalue weighted by Crippen LogP contribution is -1.92. The van der Waals surface area contributed by atoms with Crippen LogP contribution in [0.5, 0.6) is 0 Å². The Bertz CT molecular complexity index is 2560. The van der Waals surface area contributed by atoms with Gasteiger partial charge in [0, 0.05) is 30.4 Å². The van der Waals surface area contributed by atoms with E-state index in [0.717, 1.165) is 66.1 Å². The van der Waals surface area contributed by atoms with Crippen molar-refractivity contribution < 1.29 is 0 Å². The maximum atomic E-state index is 9.67. The number of nitrogens with zero attached hydrogens (tertiary/aromatic N) is 4. The average molecular weight is 611 g/mol. The van der Waals surface area contributed by atoms with Gasteiger partial charge >= 0.3 is 0 Å². The summed E-state index contributed by atoms with van der Waals surface area (Å²) in [7, 11) is 0. The zero-order valence-electron chi connectivity index (χ0n) is 25.8. The Labute approximate surface area is 278 Å². The maximum Gasteiger partial charge on any atom is 0.212 e. The molecule has 0 N–H and O–H groups in total. The van der Waals surface area contributed by atoms with Gasteiger partial charge in [0.2, 0.25) is 5.69 Å². The van der Waals surface area contributed by atoms with E-state index < -0.39 is 0 Å². The van der Waals surface area contributed by atoms with Gasteiger partial charge < -0.3 is 0 Å². The van der Waals surface area contributed by atoms with Crippen molar-refractivity contribution >= 4 is 27.2 Å². The smallest absolute Gasteiger partial charge is 0.212 e. The lowest BCUT2D eigenvalue weighted by molar-refractivity contribution is 1.30. The molecule has 48 heavy (non-hydrogen) atoms. The fourth-order valence-electron chi connectivity index (χ4n) is 6.70. The molecule has 0 bridgehead atoms. The van der Waals surface area contributed by atoms with Crippen molar-refractivity contribution in [1.82, 2.24) is 9.97 Å². The van der Waals surface area contributed by atoms with E-state index in [9.17, 15) is 5.26 Å². The molecule has 0 aliphatic rings. The molecule has 4 nitrogen and oxygen atoms in total. The standard InChI is InChI=1S/C44H26N4/c1-46-42-28-48-24-22-37(42)31-13-17-33(18-14-31)44-39-10-6-5-9-38(39)43(40-20-19-34(25-41(40)44)29-7-3-2-4-8-29)32-15-11-30(12-16-32)36-21-23-47-27-35(36)26-45/h2-25,27-28H. The SMILES string of the molecule is [C-]#[N+]c1cnccc1-c1ccc(-c2c3ccccc3c(-c3ccc(-c4ccncc4C#N)cc3)c3ccc(-c4ccccc4)cc23)cc1. The van der Waals surface area contributed by atoms with Gasteiger partial charge in [-0.25, -0.2) is 4.85 Å². The number of hydrogen-bond acceptors (Lipinski definition) is 3. The monoisotopic (exact) mass is 610 g/mol. The van der Waals surface area contributed by atoms with Crippen LogP contribution in [0, 0.1) is 17.9 Å². The van der Waals surface area contributed by atoms with Crippen molar-refractivity contribution in [3.8, 4) is 61.7 Å². The second kappa shape index (κ2) is 12.1. The van der Waals surface area contributed by atoms with Crippen molar-refractivity contribution in [3.63, 3.8) is 0 Å². The molecule has 8 aromatic rings. The van der Waals surface area contributed by atoms with Crippen molar-refractivity contribution in [2.45, 2.75) is 0 Å². The highest BCUT2D eigenvalue weighted by Gasteiger charge is 2.18. The highest BCUT2D eigenvalue weighted by molar-refractivity contribution is 6.22. The van der Waals surface area contributed by atoms with Crippen LogP contribution in [0.3, 0.4) is 0 Å². The molecule has 0 fully saturated rings. The van der Waals surface area contributed by atoms with Gasteiger partial charge in [-0.1, -0.05) is 115 Å². The predicted molar refractivity (Wildman–Crippen MR) is 195 cm³/mol. The first-order valence-corrected chi connectivity index (χ1v) is 15.6. The summed E-state index contributed by atoms with van der Waals surface area (Å²) in [5.74, 6) is 0. The molecule has 0 atom stereocenters. The lowest BCUT2D eigenvalue weighted by atomic mass is 9.84. The highest BCUT2D eigenvalue weighted by Crippen LogP contribution is 2.45. The van der Waals surface area contributed by atoms with Gasteiger partial charge in [0.05, 0.1) is 12.1 Å². The molecule has 4 heteroatoms. The van der Waals surface area contributed by atoms with E-state index in [0.29, 0.717) is 11.3 Å². The zero-order valence-corrected chi connectivity index (χ0v) is 25.8. The van der Waals surface area contributed by atoms with E-state index >= 15 is 0 Å². The van der Waals surface area contributed by atoms with Crippen LogP contribution >= 0.6 is 0 Å². The van der Waals surface area contributed by atoms with Gasteiger partial charge in [0.1, 0.15) is 6.07 Å². The maximum absolute atomic E-state index is 9.67. The van der Waals surface area contributed by atoms with Crippen LogP contribution in [0.1, 0.15) is 5.56 Å². The molecule has 0 spiro atoms. The van der Waals surface area contributed by atoms with E-state index in [1.807, 2.05) is 18.2 Å². The van der Waals surface area contributed by atoms with Gasteiger partial charge in [-0.2, -0.15) is 5.26 Å². The van der Waals surface area contributed by atoms with Crippen LogP contribution in [0.4, 0.5) is 5.69 Å². The first-order valence-electron chi connectivity index (χ1n) is 15.6. The molecule has 222 valence electrons. The summed E-state index contributed by atoms with van der Waals surface area (Å²) in [6.45, 7) is 7.62. The van der Waals surface area contributed by atoms with Gasteiger partial charge in [0.15, 0.2) is 0 Å². The quantitative estimate of drug-likeness (QED) is 0.144. The summed E-state index contributed by atoms with van der Waals surface area (Å²) in [5.41, 5.74) is 11.7. The minimum atomic E-state index is 0.539. The number of benzene rings is 6. The van der Waals surface area contributed by atoms with Crippen LogP contribution in [-0.4, -0.2) is 9.97 Å². The van der Waals surface area contributed by atoms with Gasteiger partial charge in [-0.05, 0) is 89.8 Å². The first kappa shape index (κ1) is 28.6. The van der Waals surface area contributed by atoms with Crippen LogP contribution < -0.4 is 0 Å². The molecule has 0 unspecified atom stereocenters. The topological polar surface area (TPSA) is 53.9 Å². The van der Waals surface area contributed by atoms with Gasteiger partial charge in [-0.3, -0.25) is 9.97 Å². The molecular weight excluding hydrogens is 585 g/mol. The third-order valence-electron chi connectivity index (χ3n) is 8.96. The Morgan fingerprint density at radius 3 is 1.65 bits per heavy atom. The van der Waals surface area contributed by atoms with Gasteiger partial charge in [-0.15, -0.1) is 0 Å². The minimum Gasteiger partial charge on any atom is -0.276 e. The molecule has 2 aromatic heterocycles. The number of nitriles is 1. The summed E-state index contributed by atoms with van der Waals surface area (Å²) < 4.78 is 0. The predicted octanol–water partition coefficient (Wildman–Crippen LogP) is 11.5. The molecular formula is C44H26N4. The number of pyridine rings is 2. The second-order valence-corrected chi connectivity index (χ2v) is 11.6. The summed E-state index contributed by atoms with van der Waals surface area (Å²) in [4.78, 5) is 12.0. The summed E-state index contributed by atoms with van der Waals surface area (Å²) in [6.07, 6.45) is 6.68. The van der Waals surface area contributed by atoms with Crippen LogP contribution in [0.15, 0.2) is 158 Å². The number of aromatic nitrogens is 2. The normalized spacial score (nSPS) is 10.9. The summed E-state index contributed by atoms with van der Waals surface area (Å²) >= 11 is 0. The second-order valence-electron chi connectivity index (χ2n) is 11.6. The number of rotatable bonds is 5. The third-order valence-corrected chi connectivity index (χ3v) is 8.96. The molecule has 2 heterocycles. The Morgan fingerprint density at radius 2 is 1.00 bits per heavy atom. The molecule has 0 radical (unpaired) electrons. The van der Waals surface area contributed by atoms with E-state index in [2.05, 4.69) is 136 Å².